The highest BCUT2D eigenvalue weighted by Gasteiger charge is 2.11. The van der Waals surface area contributed by atoms with E-state index in [1.807, 2.05) is 0 Å². The number of nitrogens with one attached hydrogen (secondary N) is 2. The van der Waals surface area contributed by atoms with Gasteiger partial charge in [-0.25, -0.2) is 0 Å². The first-order chi connectivity index (χ1) is 13.4. The van der Waals surface area contributed by atoms with E-state index in [1.54, 1.807) is 36.4 Å². The predicted molar refractivity (Wildman–Crippen MR) is 102 cm³/mol. The van der Waals surface area contributed by atoms with Crippen LogP contribution in [0.4, 0.5) is 0 Å². The maximum atomic E-state index is 12.2. The summed E-state index contributed by atoms with van der Waals surface area (Å²) in [6.07, 6.45) is 0. The Balaban J connectivity index is 1.84. The highest BCUT2D eigenvalue weighted by molar-refractivity contribution is 5.95. The Labute approximate surface area is 162 Å². The number of carbonyl (C=O) groups is 3. The molecule has 8 nitrogen and oxygen atoms in total. The molecule has 0 spiro atoms. The molecular formula is C20H22N2O6. The van der Waals surface area contributed by atoms with Crippen molar-refractivity contribution >= 4 is 17.8 Å². The van der Waals surface area contributed by atoms with Gasteiger partial charge in [-0.05, 0) is 36.4 Å². The van der Waals surface area contributed by atoms with Crippen molar-refractivity contribution in [3.63, 3.8) is 0 Å². The quantitative estimate of drug-likeness (QED) is 0.407. The second kappa shape index (κ2) is 9.96. The Kier molecular flexibility index (Phi) is 7.38. The lowest BCUT2D eigenvalue weighted by Crippen LogP contribution is -2.34. The number of benzene rings is 2. The SMILES string of the molecule is COc1ccc(C(=O)NCCNC(=O)c2cccc(OC(C)=O)c2)cc1OC. The van der Waals surface area contributed by atoms with Crippen molar-refractivity contribution in [3.8, 4) is 17.2 Å². The normalized spacial score (nSPS) is 9.96. The van der Waals surface area contributed by atoms with Gasteiger partial charge in [0.1, 0.15) is 5.75 Å². The molecular weight excluding hydrogens is 364 g/mol. The van der Waals surface area contributed by atoms with Crippen molar-refractivity contribution in [2.45, 2.75) is 6.92 Å². The van der Waals surface area contributed by atoms with Crippen molar-refractivity contribution in [1.29, 1.82) is 0 Å². The molecule has 0 saturated heterocycles. The minimum absolute atomic E-state index is 0.232. The molecule has 2 N–H and O–H groups in total. The topological polar surface area (TPSA) is 103 Å². The molecule has 0 fully saturated rings. The Hall–Kier alpha value is -3.55. The minimum Gasteiger partial charge on any atom is -0.493 e. The highest BCUT2D eigenvalue weighted by atomic mass is 16.5. The van der Waals surface area contributed by atoms with Crippen LogP contribution in [0.15, 0.2) is 42.5 Å². The fraction of sp³-hybridized carbons (Fsp3) is 0.250. The molecule has 148 valence electrons. The number of hydrogen-bond donors (Lipinski definition) is 2. The van der Waals surface area contributed by atoms with Crippen LogP contribution in [-0.2, 0) is 4.79 Å². The maximum absolute atomic E-state index is 12.2. The van der Waals surface area contributed by atoms with Crippen LogP contribution in [0.1, 0.15) is 27.6 Å². The lowest BCUT2D eigenvalue weighted by molar-refractivity contribution is -0.131. The summed E-state index contributed by atoms with van der Waals surface area (Å²) >= 11 is 0. The summed E-state index contributed by atoms with van der Waals surface area (Å²) in [7, 11) is 3.01. The highest BCUT2D eigenvalue weighted by Crippen LogP contribution is 2.27. The first-order valence-electron chi connectivity index (χ1n) is 8.51. The third-order valence-corrected chi connectivity index (χ3v) is 3.70. The second-order valence-electron chi connectivity index (χ2n) is 5.70. The molecule has 2 rings (SSSR count). The number of carbonyl (C=O) groups excluding carboxylic acids is 3. The smallest absolute Gasteiger partial charge is 0.308 e. The summed E-state index contributed by atoms with van der Waals surface area (Å²) in [4.78, 5) is 35.3. The van der Waals surface area contributed by atoms with Crippen LogP contribution >= 0.6 is 0 Å². The van der Waals surface area contributed by atoms with Gasteiger partial charge >= 0.3 is 5.97 Å². The summed E-state index contributed by atoms with van der Waals surface area (Å²) in [5.41, 5.74) is 0.767. The Morgan fingerprint density at radius 3 is 2.00 bits per heavy atom. The molecule has 2 aromatic rings. The molecule has 2 amide bonds. The molecule has 8 heteroatoms. The fourth-order valence-corrected chi connectivity index (χ4v) is 2.40. The average molecular weight is 386 g/mol. The number of esters is 1. The summed E-state index contributed by atoms with van der Waals surface area (Å²) in [5, 5.41) is 5.40. The van der Waals surface area contributed by atoms with E-state index < -0.39 is 5.97 Å². The average Bonchev–Trinajstić information content (AvgIpc) is 2.69. The van der Waals surface area contributed by atoms with Gasteiger partial charge in [0, 0.05) is 31.1 Å². The van der Waals surface area contributed by atoms with E-state index in [0.29, 0.717) is 28.4 Å². The summed E-state index contributed by atoms with van der Waals surface area (Å²) in [6, 6.07) is 11.1. The fourth-order valence-electron chi connectivity index (χ4n) is 2.40. The van der Waals surface area contributed by atoms with Crippen molar-refractivity contribution in [2.75, 3.05) is 27.3 Å². The first kappa shape index (κ1) is 20.8. The van der Waals surface area contributed by atoms with E-state index in [-0.39, 0.29) is 24.9 Å². The molecule has 0 aliphatic heterocycles. The first-order valence-corrected chi connectivity index (χ1v) is 8.51. The zero-order valence-electron chi connectivity index (χ0n) is 15.9. The largest absolute Gasteiger partial charge is 0.493 e. The van der Waals surface area contributed by atoms with E-state index in [0.717, 1.165) is 0 Å². The van der Waals surface area contributed by atoms with Gasteiger partial charge in [-0.2, -0.15) is 0 Å². The van der Waals surface area contributed by atoms with Crippen LogP contribution in [0, 0.1) is 0 Å². The van der Waals surface area contributed by atoms with Crippen LogP contribution in [0.25, 0.3) is 0 Å². The Bertz CT molecular complexity index is 866. The number of methoxy groups -OCH3 is 2. The molecule has 0 aromatic heterocycles. The number of hydrogen-bond acceptors (Lipinski definition) is 6. The van der Waals surface area contributed by atoms with Crippen LogP contribution in [0.5, 0.6) is 17.2 Å². The molecule has 0 saturated carbocycles. The van der Waals surface area contributed by atoms with Crippen LogP contribution in [-0.4, -0.2) is 45.1 Å². The Morgan fingerprint density at radius 2 is 1.43 bits per heavy atom. The van der Waals surface area contributed by atoms with Gasteiger partial charge in [0.05, 0.1) is 14.2 Å². The van der Waals surface area contributed by atoms with Crippen molar-refractivity contribution in [1.82, 2.24) is 10.6 Å². The van der Waals surface area contributed by atoms with Crippen LogP contribution in [0.3, 0.4) is 0 Å². The summed E-state index contributed by atoms with van der Waals surface area (Å²) in [5.74, 6) is 0.178. The molecule has 0 aliphatic carbocycles. The van der Waals surface area contributed by atoms with Gasteiger partial charge < -0.3 is 24.8 Å². The van der Waals surface area contributed by atoms with Gasteiger partial charge in [0.25, 0.3) is 11.8 Å². The van der Waals surface area contributed by atoms with E-state index in [2.05, 4.69) is 10.6 Å². The van der Waals surface area contributed by atoms with Gasteiger partial charge in [0.15, 0.2) is 11.5 Å². The van der Waals surface area contributed by atoms with E-state index in [4.69, 9.17) is 14.2 Å². The number of rotatable bonds is 8. The number of amides is 2. The third kappa shape index (κ3) is 5.73. The standard InChI is InChI=1S/C20H22N2O6/c1-13(23)28-16-6-4-5-14(11-16)19(24)21-9-10-22-20(25)15-7-8-17(26-2)18(12-15)27-3/h4-8,11-12H,9-10H2,1-3H3,(H,21,24)(H,22,25). The molecule has 0 aliphatic rings. The van der Waals surface area contributed by atoms with Gasteiger partial charge in [-0.3, -0.25) is 14.4 Å². The molecule has 0 unspecified atom stereocenters. The van der Waals surface area contributed by atoms with E-state index in [1.165, 1.54) is 27.2 Å². The zero-order valence-corrected chi connectivity index (χ0v) is 15.9. The monoisotopic (exact) mass is 386 g/mol. The Morgan fingerprint density at radius 1 is 0.821 bits per heavy atom. The third-order valence-electron chi connectivity index (χ3n) is 3.70. The van der Waals surface area contributed by atoms with Crippen molar-refractivity contribution in [3.05, 3.63) is 53.6 Å². The van der Waals surface area contributed by atoms with Gasteiger partial charge in [-0.1, -0.05) is 6.07 Å². The zero-order chi connectivity index (χ0) is 20.5. The minimum atomic E-state index is -0.463. The molecule has 0 heterocycles. The molecule has 2 aromatic carbocycles. The van der Waals surface area contributed by atoms with E-state index in [9.17, 15) is 14.4 Å². The molecule has 28 heavy (non-hydrogen) atoms. The predicted octanol–water partition coefficient (Wildman–Crippen LogP) is 1.79. The van der Waals surface area contributed by atoms with Gasteiger partial charge in [-0.15, -0.1) is 0 Å². The van der Waals surface area contributed by atoms with Crippen LogP contribution < -0.4 is 24.8 Å². The molecule has 0 bridgehead atoms. The van der Waals surface area contributed by atoms with Gasteiger partial charge in [0.2, 0.25) is 0 Å². The van der Waals surface area contributed by atoms with Crippen molar-refractivity contribution in [2.24, 2.45) is 0 Å². The summed E-state index contributed by atoms with van der Waals surface area (Å²) < 4.78 is 15.3. The number of ether oxygens (including phenoxy) is 3. The van der Waals surface area contributed by atoms with Crippen molar-refractivity contribution < 1.29 is 28.6 Å². The molecule has 0 atom stereocenters. The maximum Gasteiger partial charge on any atom is 0.308 e. The molecule has 0 radical (unpaired) electrons. The van der Waals surface area contributed by atoms with Crippen LogP contribution in [0.2, 0.25) is 0 Å². The summed E-state index contributed by atoms with van der Waals surface area (Å²) in [6.45, 7) is 1.76. The lowest BCUT2D eigenvalue weighted by Gasteiger charge is -2.10. The second-order valence-corrected chi connectivity index (χ2v) is 5.70. The van der Waals surface area contributed by atoms with E-state index >= 15 is 0 Å². The lowest BCUT2D eigenvalue weighted by atomic mass is 10.2.